The molecular weight excluding hydrogens is 324 g/mol. The van der Waals surface area contributed by atoms with Crippen LogP contribution in [-0.2, 0) is 15.5 Å². The van der Waals surface area contributed by atoms with Gasteiger partial charge >= 0.3 is 0 Å². The number of hydrogen-bond acceptors (Lipinski definition) is 4. The molecule has 5 atom stereocenters. The molecular formula is C19H26O4S. The first-order valence-corrected chi connectivity index (χ1v) is 9.80. The number of aliphatic hydroxyl groups is 2. The normalized spacial score (nSPS) is 33.8. The number of fused-ring (bicyclic) bond motifs is 1. The first-order valence-electron chi connectivity index (χ1n) is 8.65. The quantitative estimate of drug-likeness (QED) is 0.856. The van der Waals surface area contributed by atoms with E-state index in [9.17, 15) is 14.4 Å². The van der Waals surface area contributed by atoms with Crippen LogP contribution in [0, 0.1) is 18.8 Å². The molecule has 1 saturated heterocycles. The second kappa shape index (κ2) is 7.08. The largest absolute Gasteiger partial charge is 0.389 e. The van der Waals surface area contributed by atoms with Crippen LogP contribution in [0.15, 0.2) is 40.1 Å². The SMILES string of the molecule is CCCC[C@@H]1C(S(=O)c2ccc(C)cc2)=C[C@@H]2COC[C@]2(O)[C@H]1O. The average Bonchev–Trinajstić information content (AvgIpc) is 2.96. The highest BCUT2D eigenvalue weighted by molar-refractivity contribution is 7.89. The van der Waals surface area contributed by atoms with Crippen molar-refractivity contribution in [3.63, 3.8) is 0 Å². The van der Waals surface area contributed by atoms with Gasteiger partial charge in [-0.3, -0.25) is 0 Å². The zero-order valence-corrected chi connectivity index (χ0v) is 15.1. The van der Waals surface area contributed by atoms with E-state index in [0.29, 0.717) is 6.61 Å². The van der Waals surface area contributed by atoms with Gasteiger partial charge in [-0.2, -0.15) is 0 Å². The highest BCUT2D eigenvalue weighted by Gasteiger charge is 2.54. The van der Waals surface area contributed by atoms with E-state index in [2.05, 4.69) is 6.92 Å². The summed E-state index contributed by atoms with van der Waals surface area (Å²) in [5.74, 6) is -0.593. The molecule has 132 valence electrons. The Morgan fingerprint density at radius 3 is 2.71 bits per heavy atom. The van der Waals surface area contributed by atoms with Gasteiger partial charge in [0.15, 0.2) is 0 Å². The summed E-state index contributed by atoms with van der Waals surface area (Å²) in [6.45, 7) is 4.59. The van der Waals surface area contributed by atoms with E-state index in [-0.39, 0.29) is 18.4 Å². The first-order chi connectivity index (χ1) is 11.5. The number of unbranched alkanes of at least 4 members (excludes halogenated alkanes) is 1. The van der Waals surface area contributed by atoms with Gasteiger partial charge in [0.1, 0.15) is 5.60 Å². The van der Waals surface area contributed by atoms with Crippen molar-refractivity contribution < 1.29 is 19.2 Å². The summed E-state index contributed by atoms with van der Waals surface area (Å²) in [7, 11) is -1.33. The standard InChI is InChI=1S/C19H26O4S/c1-3-4-5-16-17(24(22)15-8-6-13(2)7-9-15)10-14-11-23-12-19(14,21)18(16)20/h6-10,14,16,18,20-21H,3-5,11-12H2,1-2H3/t14-,16-,18+,19-,24?/m1/s1. The minimum absolute atomic E-state index is 0.141. The van der Waals surface area contributed by atoms with Gasteiger partial charge in [-0.1, -0.05) is 43.5 Å². The van der Waals surface area contributed by atoms with E-state index >= 15 is 0 Å². The van der Waals surface area contributed by atoms with Crippen LogP contribution in [0.25, 0.3) is 0 Å². The number of benzene rings is 1. The highest BCUT2D eigenvalue weighted by Crippen LogP contribution is 2.44. The molecule has 24 heavy (non-hydrogen) atoms. The second-order valence-corrected chi connectivity index (χ2v) is 8.44. The van der Waals surface area contributed by atoms with Crippen molar-refractivity contribution in [2.75, 3.05) is 13.2 Å². The van der Waals surface area contributed by atoms with Gasteiger partial charge in [0.2, 0.25) is 0 Å². The third kappa shape index (κ3) is 3.10. The summed E-state index contributed by atoms with van der Waals surface area (Å²) < 4.78 is 18.5. The predicted octanol–water partition coefficient (Wildman–Crippen LogP) is 2.54. The summed E-state index contributed by atoms with van der Waals surface area (Å²) >= 11 is 0. The van der Waals surface area contributed by atoms with Crippen molar-refractivity contribution in [2.45, 2.75) is 49.7 Å². The first kappa shape index (κ1) is 17.8. The number of ether oxygens (including phenoxy) is 1. The van der Waals surface area contributed by atoms with Crippen LogP contribution in [0.4, 0.5) is 0 Å². The molecule has 2 aliphatic rings. The average molecular weight is 350 g/mol. The number of hydrogen-bond donors (Lipinski definition) is 2. The Labute approximate surface area is 146 Å². The molecule has 0 bridgehead atoms. The zero-order valence-electron chi connectivity index (χ0n) is 14.3. The summed E-state index contributed by atoms with van der Waals surface area (Å²) in [5, 5.41) is 21.7. The van der Waals surface area contributed by atoms with Gasteiger partial charge in [0.05, 0.1) is 30.1 Å². The van der Waals surface area contributed by atoms with Crippen molar-refractivity contribution in [1.29, 1.82) is 0 Å². The maximum Gasteiger partial charge on any atom is 0.123 e. The van der Waals surface area contributed by atoms with Crippen molar-refractivity contribution in [1.82, 2.24) is 0 Å². The van der Waals surface area contributed by atoms with E-state index < -0.39 is 22.5 Å². The molecule has 2 N–H and O–H groups in total. The molecule has 0 amide bonds. The summed E-state index contributed by atoms with van der Waals surface area (Å²) in [6.07, 6.45) is 3.59. The molecule has 1 heterocycles. The van der Waals surface area contributed by atoms with Gasteiger partial charge in [0.25, 0.3) is 0 Å². The molecule has 0 saturated carbocycles. The Bertz CT molecular complexity index is 639. The third-order valence-electron chi connectivity index (χ3n) is 5.21. The van der Waals surface area contributed by atoms with Gasteiger partial charge in [-0.15, -0.1) is 0 Å². The molecule has 5 heteroatoms. The van der Waals surface area contributed by atoms with E-state index in [4.69, 9.17) is 4.74 Å². The van der Waals surface area contributed by atoms with Gasteiger partial charge in [0, 0.05) is 21.6 Å². The zero-order chi connectivity index (χ0) is 17.3. The minimum Gasteiger partial charge on any atom is -0.389 e. The lowest BCUT2D eigenvalue weighted by molar-refractivity contribution is -0.114. The molecule has 1 aromatic carbocycles. The topological polar surface area (TPSA) is 66.8 Å². The van der Waals surface area contributed by atoms with Crippen LogP contribution in [0.3, 0.4) is 0 Å². The lowest BCUT2D eigenvalue weighted by atomic mass is 9.73. The molecule has 1 aliphatic heterocycles. The predicted molar refractivity (Wildman–Crippen MR) is 94.0 cm³/mol. The monoisotopic (exact) mass is 350 g/mol. The third-order valence-corrected chi connectivity index (χ3v) is 6.78. The van der Waals surface area contributed by atoms with Crippen LogP contribution in [0.1, 0.15) is 31.7 Å². The lowest BCUT2D eigenvalue weighted by Gasteiger charge is -2.41. The molecule has 1 aromatic rings. The van der Waals surface area contributed by atoms with Crippen molar-refractivity contribution >= 4 is 10.8 Å². The van der Waals surface area contributed by atoms with Crippen LogP contribution < -0.4 is 0 Å². The highest BCUT2D eigenvalue weighted by atomic mass is 32.2. The van der Waals surface area contributed by atoms with Gasteiger partial charge < -0.3 is 14.9 Å². The van der Waals surface area contributed by atoms with E-state index in [1.165, 1.54) is 0 Å². The molecule has 1 fully saturated rings. The molecule has 4 nitrogen and oxygen atoms in total. The van der Waals surface area contributed by atoms with Crippen LogP contribution in [0.5, 0.6) is 0 Å². The fraction of sp³-hybridized carbons (Fsp3) is 0.579. The number of aryl methyl sites for hydroxylation is 1. The van der Waals surface area contributed by atoms with Gasteiger partial charge in [-0.05, 0) is 25.5 Å². The Morgan fingerprint density at radius 2 is 2.04 bits per heavy atom. The fourth-order valence-electron chi connectivity index (χ4n) is 3.65. The van der Waals surface area contributed by atoms with Crippen molar-refractivity contribution in [3.05, 3.63) is 40.8 Å². The number of rotatable bonds is 5. The summed E-state index contributed by atoms with van der Waals surface area (Å²) in [6, 6.07) is 7.65. The van der Waals surface area contributed by atoms with E-state index in [0.717, 1.165) is 34.6 Å². The maximum atomic E-state index is 13.1. The smallest absolute Gasteiger partial charge is 0.123 e. The van der Waals surface area contributed by atoms with E-state index in [1.807, 2.05) is 37.3 Å². The number of aliphatic hydroxyl groups excluding tert-OH is 1. The Kier molecular flexibility index (Phi) is 5.25. The minimum atomic E-state index is -1.33. The van der Waals surface area contributed by atoms with Crippen LogP contribution in [0.2, 0.25) is 0 Å². The second-order valence-electron chi connectivity index (χ2n) is 6.96. The molecule has 0 aromatic heterocycles. The fourth-order valence-corrected chi connectivity index (χ4v) is 5.11. The van der Waals surface area contributed by atoms with E-state index in [1.54, 1.807) is 0 Å². The van der Waals surface area contributed by atoms with Crippen LogP contribution in [-0.4, -0.2) is 39.3 Å². The molecule has 1 aliphatic carbocycles. The Balaban J connectivity index is 1.96. The van der Waals surface area contributed by atoms with Gasteiger partial charge in [-0.25, -0.2) is 4.21 Å². The molecule has 0 radical (unpaired) electrons. The Morgan fingerprint density at radius 1 is 1.33 bits per heavy atom. The van der Waals surface area contributed by atoms with Crippen LogP contribution >= 0.6 is 0 Å². The van der Waals surface area contributed by atoms with Crippen molar-refractivity contribution in [2.24, 2.45) is 11.8 Å². The molecule has 0 spiro atoms. The summed E-state index contributed by atoms with van der Waals surface area (Å²) in [5.41, 5.74) is -0.131. The van der Waals surface area contributed by atoms with Crippen molar-refractivity contribution in [3.8, 4) is 0 Å². The Hall–Kier alpha value is -1.01. The maximum absolute atomic E-state index is 13.1. The lowest BCUT2D eigenvalue weighted by Crippen LogP contribution is -2.54. The molecule has 1 unspecified atom stereocenters. The summed E-state index contributed by atoms with van der Waals surface area (Å²) in [4.78, 5) is 1.48. The molecule has 3 rings (SSSR count).